The summed E-state index contributed by atoms with van der Waals surface area (Å²) in [6, 6.07) is 10.1. The summed E-state index contributed by atoms with van der Waals surface area (Å²) in [5.41, 5.74) is 2.07. The zero-order valence-corrected chi connectivity index (χ0v) is 14.0. The van der Waals surface area contributed by atoms with Crippen molar-refractivity contribution in [2.45, 2.75) is 32.7 Å². The molecule has 0 radical (unpaired) electrons. The molecule has 2 rings (SSSR count). The van der Waals surface area contributed by atoms with Crippen LogP contribution in [0.3, 0.4) is 0 Å². The number of nitrogens with zero attached hydrogens (tertiary/aromatic N) is 3. The minimum atomic E-state index is -0.211. The van der Waals surface area contributed by atoms with Crippen LogP contribution in [0.4, 0.5) is 0 Å². The summed E-state index contributed by atoms with van der Waals surface area (Å²) in [5, 5.41) is 14.2. The zero-order valence-electron chi connectivity index (χ0n) is 11.6. The van der Waals surface area contributed by atoms with E-state index in [4.69, 9.17) is 11.6 Å². The molecule has 0 saturated heterocycles. The largest absolute Gasteiger partial charge is 0.248 e. The topological polar surface area (TPSA) is 41.6 Å². The molecule has 3 nitrogen and oxygen atoms in total. The van der Waals surface area contributed by atoms with Crippen LogP contribution in [-0.2, 0) is 12.0 Å². The van der Waals surface area contributed by atoms with Gasteiger partial charge in [0.05, 0.1) is 12.2 Å². The Morgan fingerprint density at radius 1 is 1.40 bits per heavy atom. The highest BCUT2D eigenvalue weighted by atomic mass is 79.9. The fourth-order valence-electron chi connectivity index (χ4n) is 1.98. The van der Waals surface area contributed by atoms with Crippen molar-refractivity contribution in [1.29, 1.82) is 5.26 Å². The van der Waals surface area contributed by atoms with Crippen molar-refractivity contribution in [2.75, 3.05) is 0 Å². The van der Waals surface area contributed by atoms with Gasteiger partial charge in [-0.3, -0.25) is 0 Å². The standard InChI is InChI=1S/C15H15BrClN3/c1-15(2,3)13-12(8-18)14(17)20(19-13)9-10-5-4-6-11(16)7-10/h4-7H,9H2,1-3H3. The number of rotatable bonds is 2. The lowest BCUT2D eigenvalue weighted by molar-refractivity contribution is 0.544. The molecule has 0 aliphatic heterocycles. The molecule has 0 amide bonds. The highest BCUT2D eigenvalue weighted by Gasteiger charge is 2.26. The van der Waals surface area contributed by atoms with Crippen molar-refractivity contribution < 1.29 is 0 Å². The van der Waals surface area contributed by atoms with Crippen LogP contribution in [-0.4, -0.2) is 9.78 Å². The van der Waals surface area contributed by atoms with Crippen LogP contribution in [0.2, 0.25) is 5.15 Å². The third-order valence-electron chi connectivity index (χ3n) is 2.93. The summed E-state index contributed by atoms with van der Waals surface area (Å²) in [7, 11) is 0. The van der Waals surface area contributed by atoms with Crippen molar-refractivity contribution in [3.05, 3.63) is 50.7 Å². The molecule has 2 aromatic rings. The molecule has 0 unspecified atom stereocenters. The second kappa shape index (κ2) is 5.59. The number of hydrogen-bond acceptors (Lipinski definition) is 2. The number of hydrogen-bond donors (Lipinski definition) is 0. The molecule has 1 heterocycles. The van der Waals surface area contributed by atoms with Crippen LogP contribution >= 0.6 is 27.5 Å². The Labute approximate surface area is 132 Å². The molecule has 1 aromatic heterocycles. The summed E-state index contributed by atoms with van der Waals surface area (Å²) < 4.78 is 2.69. The van der Waals surface area contributed by atoms with Gasteiger partial charge in [0.15, 0.2) is 0 Å². The van der Waals surface area contributed by atoms with E-state index in [-0.39, 0.29) is 5.41 Å². The molecule has 0 aliphatic carbocycles. The van der Waals surface area contributed by atoms with Gasteiger partial charge >= 0.3 is 0 Å². The van der Waals surface area contributed by atoms with Crippen LogP contribution in [0.15, 0.2) is 28.7 Å². The van der Waals surface area contributed by atoms with Gasteiger partial charge in [-0.15, -0.1) is 0 Å². The maximum Gasteiger partial charge on any atom is 0.145 e. The quantitative estimate of drug-likeness (QED) is 0.797. The highest BCUT2D eigenvalue weighted by Crippen LogP contribution is 2.29. The van der Waals surface area contributed by atoms with Gasteiger partial charge in [-0.2, -0.15) is 10.4 Å². The van der Waals surface area contributed by atoms with E-state index in [0.29, 0.717) is 17.3 Å². The molecule has 0 saturated carbocycles. The highest BCUT2D eigenvalue weighted by molar-refractivity contribution is 9.10. The maximum atomic E-state index is 9.29. The number of nitriles is 1. The minimum absolute atomic E-state index is 0.211. The molecule has 20 heavy (non-hydrogen) atoms. The Morgan fingerprint density at radius 3 is 2.60 bits per heavy atom. The number of halogens is 2. The third kappa shape index (κ3) is 3.05. The minimum Gasteiger partial charge on any atom is -0.248 e. The molecule has 0 atom stereocenters. The van der Waals surface area contributed by atoms with Gasteiger partial charge in [0.1, 0.15) is 16.8 Å². The van der Waals surface area contributed by atoms with Crippen LogP contribution in [0.25, 0.3) is 0 Å². The van der Waals surface area contributed by atoms with E-state index in [1.54, 1.807) is 4.68 Å². The lowest BCUT2D eigenvalue weighted by Gasteiger charge is -2.15. The lowest BCUT2D eigenvalue weighted by Crippen LogP contribution is -2.14. The molecule has 0 aliphatic rings. The second-order valence-corrected chi connectivity index (χ2v) is 6.94. The van der Waals surface area contributed by atoms with Crippen molar-refractivity contribution in [2.24, 2.45) is 0 Å². The summed E-state index contributed by atoms with van der Waals surface area (Å²) in [5.74, 6) is 0. The predicted octanol–water partition coefficient (Wildman–Crippen LogP) is 4.52. The molecule has 5 heteroatoms. The predicted molar refractivity (Wildman–Crippen MR) is 83.9 cm³/mol. The normalized spacial score (nSPS) is 11.4. The van der Waals surface area contributed by atoms with Gasteiger partial charge in [-0.1, -0.05) is 60.4 Å². The SMILES string of the molecule is CC(C)(C)c1nn(Cc2cccc(Br)c2)c(Cl)c1C#N. The fraction of sp³-hybridized carbons (Fsp3) is 0.333. The first kappa shape index (κ1) is 15.1. The van der Waals surface area contributed by atoms with Crippen LogP contribution in [0, 0.1) is 11.3 Å². The molecular formula is C15H15BrClN3. The monoisotopic (exact) mass is 351 g/mol. The molecule has 0 bridgehead atoms. The van der Waals surface area contributed by atoms with Crippen LogP contribution < -0.4 is 0 Å². The van der Waals surface area contributed by atoms with E-state index in [2.05, 4.69) is 27.1 Å². The fourth-order valence-corrected chi connectivity index (χ4v) is 2.65. The van der Waals surface area contributed by atoms with Gasteiger partial charge in [0.25, 0.3) is 0 Å². The Bertz CT molecular complexity index is 677. The van der Waals surface area contributed by atoms with Gasteiger partial charge in [-0.25, -0.2) is 4.68 Å². The average molecular weight is 353 g/mol. The van der Waals surface area contributed by atoms with E-state index in [0.717, 1.165) is 15.7 Å². The first-order valence-corrected chi connectivity index (χ1v) is 7.41. The van der Waals surface area contributed by atoms with Crippen LogP contribution in [0.1, 0.15) is 37.6 Å². The van der Waals surface area contributed by atoms with E-state index >= 15 is 0 Å². The molecule has 0 spiro atoms. The van der Waals surface area contributed by atoms with Crippen LogP contribution in [0.5, 0.6) is 0 Å². The smallest absolute Gasteiger partial charge is 0.145 e. The van der Waals surface area contributed by atoms with Crippen molar-refractivity contribution >= 4 is 27.5 Å². The number of benzene rings is 1. The molecule has 1 aromatic carbocycles. The van der Waals surface area contributed by atoms with Crippen molar-refractivity contribution in [3.8, 4) is 6.07 Å². The average Bonchev–Trinajstić information content (AvgIpc) is 2.66. The van der Waals surface area contributed by atoms with Crippen molar-refractivity contribution in [1.82, 2.24) is 9.78 Å². The molecule has 0 fully saturated rings. The summed E-state index contributed by atoms with van der Waals surface area (Å²) in [4.78, 5) is 0. The molecule has 104 valence electrons. The van der Waals surface area contributed by atoms with Gasteiger partial charge in [-0.05, 0) is 17.7 Å². The van der Waals surface area contributed by atoms with E-state index in [1.807, 2.05) is 45.0 Å². The van der Waals surface area contributed by atoms with E-state index < -0.39 is 0 Å². The third-order valence-corrected chi connectivity index (χ3v) is 3.81. The summed E-state index contributed by atoms with van der Waals surface area (Å²) >= 11 is 9.74. The van der Waals surface area contributed by atoms with Gasteiger partial charge in [0, 0.05) is 9.89 Å². The Balaban J connectivity index is 2.44. The molecular weight excluding hydrogens is 338 g/mol. The molecule has 0 N–H and O–H groups in total. The Morgan fingerprint density at radius 2 is 2.10 bits per heavy atom. The maximum absolute atomic E-state index is 9.29. The van der Waals surface area contributed by atoms with Gasteiger partial charge in [0.2, 0.25) is 0 Å². The Hall–Kier alpha value is -1.31. The number of aromatic nitrogens is 2. The van der Waals surface area contributed by atoms with Gasteiger partial charge < -0.3 is 0 Å². The lowest BCUT2D eigenvalue weighted by atomic mass is 9.90. The van der Waals surface area contributed by atoms with Crippen molar-refractivity contribution in [3.63, 3.8) is 0 Å². The summed E-state index contributed by atoms with van der Waals surface area (Å²) in [6.45, 7) is 6.62. The first-order chi connectivity index (χ1) is 9.32. The first-order valence-electron chi connectivity index (χ1n) is 6.24. The zero-order chi connectivity index (χ0) is 14.9. The van der Waals surface area contributed by atoms with E-state index in [1.165, 1.54) is 0 Å². The second-order valence-electron chi connectivity index (χ2n) is 5.66. The van der Waals surface area contributed by atoms with E-state index in [9.17, 15) is 5.26 Å². The summed E-state index contributed by atoms with van der Waals surface area (Å²) in [6.07, 6.45) is 0. The Kier molecular flexibility index (Phi) is 4.22.